The SMILES string of the molecule is CCC1CCCC(CN)(N2CC(C)C(C)C2)C1. The topological polar surface area (TPSA) is 29.3 Å². The molecule has 1 saturated carbocycles. The summed E-state index contributed by atoms with van der Waals surface area (Å²) in [6.45, 7) is 10.5. The molecule has 17 heavy (non-hydrogen) atoms. The third-order valence-corrected chi connectivity index (χ3v) is 5.54. The van der Waals surface area contributed by atoms with Crippen LogP contribution in [0.1, 0.15) is 52.9 Å². The van der Waals surface area contributed by atoms with Crippen LogP contribution in [0.2, 0.25) is 0 Å². The van der Waals surface area contributed by atoms with E-state index in [1.54, 1.807) is 0 Å². The molecule has 4 unspecified atom stereocenters. The molecule has 1 aliphatic carbocycles. The minimum absolute atomic E-state index is 0.345. The van der Waals surface area contributed by atoms with Gasteiger partial charge in [0.1, 0.15) is 0 Å². The highest BCUT2D eigenvalue weighted by molar-refractivity contribution is 4.99. The van der Waals surface area contributed by atoms with Crippen molar-refractivity contribution in [3.63, 3.8) is 0 Å². The Morgan fingerprint density at radius 3 is 2.41 bits per heavy atom. The van der Waals surface area contributed by atoms with Crippen LogP contribution in [0.25, 0.3) is 0 Å². The Morgan fingerprint density at radius 1 is 1.24 bits per heavy atom. The maximum absolute atomic E-state index is 6.18. The molecule has 0 amide bonds. The Balaban J connectivity index is 2.08. The van der Waals surface area contributed by atoms with Gasteiger partial charge in [-0.2, -0.15) is 0 Å². The zero-order valence-corrected chi connectivity index (χ0v) is 11.9. The summed E-state index contributed by atoms with van der Waals surface area (Å²) in [6, 6.07) is 0. The summed E-state index contributed by atoms with van der Waals surface area (Å²) in [5.41, 5.74) is 6.53. The molecule has 2 fully saturated rings. The Kier molecular flexibility index (Phi) is 4.14. The van der Waals surface area contributed by atoms with Gasteiger partial charge in [0, 0.05) is 25.2 Å². The predicted octanol–water partition coefficient (Wildman–Crippen LogP) is 2.87. The first-order valence-electron chi connectivity index (χ1n) is 7.56. The summed E-state index contributed by atoms with van der Waals surface area (Å²) < 4.78 is 0. The highest BCUT2D eigenvalue weighted by atomic mass is 15.2. The van der Waals surface area contributed by atoms with Crippen LogP contribution in [0, 0.1) is 17.8 Å². The van der Waals surface area contributed by atoms with E-state index in [2.05, 4.69) is 25.7 Å². The van der Waals surface area contributed by atoms with Crippen LogP contribution in [0.3, 0.4) is 0 Å². The molecule has 0 aromatic rings. The van der Waals surface area contributed by atoms with Crippen LogP contribution in [0.5, 0.6) is 0 Å². The number of nitrogens with zero attached hydrogens (tertiary/aromatic N) is 1. The van der Waals surface area contributed by atoms with Crippen LogP contribution in [0.4, 0.5) is 0 Å². The van der Waals surface area contributed by atoms with Crippen molar-refractivity contribution in [3.8, 4) is 0 Å². The van der Waals surface area contributed by atoms with Gasteiger partial charge < -0.3 is 5.73 Å². The van der Waals surface area contributed by atoms with Crippen molar-refractivity contribution in [1.82, 2.24) is 4.90 Å². The second-order valence-electron chi connectivity index (χ2n) is 6.66. The zero-order valence-electron chi connectivity index (χ0n) is 11.9. The van der Waals surface area contributed by atoms with Crippen LogP contribution in [0.15, 0.2) is 0 Å². The van der Waals surface area contributed by atoms with Crippen LogP contribution in [-0.4, -0.2) is 30.1 Å². The quantitative estimate of drug-likeness (QED) is 0.819. The first-order chi connectivity index (χ1) is 8.11. The molecule has 2 aliphatic rings. The molecule has 1 saturated heterocycles. The van der Waals surface area contributed by atoms with E-state index in [0.29, 0.717) is 5.54 Å². The number of rotatable bonds is 3. The van der Waals surface area contributed by atoms with Gasteiger partial charge >= 0.3 is 0 Å². The van der Waals surface area contributed by atoms with Crippen LogP contribution < -0.4 is 5.73 Å². The second-order valence-corrected chi connectivity index (χ2v) is 6.66. The van der Waals surface area contributed by atoms with E-state index < -0.39 is 0 Å². The molecule has 2 N–H and O–H groups in total. The van der Waals surface area contributed by atoms with Crippen LogP contribution in [-0.2, 0) is 0 Å². The van der Waals surface area contributed by atoms with Gasteiger partial charge in [0.25, 0.3) is 0 Å². The lowest BCUT2D eigenvalue weighted by molar-refractivity contribution is 0.0503. The molecule has 0 bridgehead atoms. The summed E-state index contributed by atoms with van der Waals surface area (Å²) in [5.74, 6) is 2.61. The molecular formula is C15H30N2. The number of hydrogen-bond acceptors (Lipinski definition) is 2. The van der Waals surface area contributed by atoms with Crippen LogP contribution >= 0.6 is 0 Å². The lowest BCUT2D eigenvalue weighted by atomic mass is 9.73. The molecule has 2 nitrogen and oxygen atoms in total. The summed E-state index contributed by atoms with van der Waals surface area (Å²) >= 11 is 0. The molecule has 2 heteroatoms. The minimum Gasteiger partial charge on any atom is -0.329 e. The maximum atomic E-state index is 6.18. The highest BCUT2D eigenvalue weighted by Crippen LogP contribution is 2.41. The fourth-order valence-electron chi connectivity index (χ4n) is 3.93. The monoisotopic (exact) mass is 238 g/mol. The van der Waals surface area contributed by atoms with Crippen molar-refractivity contribution in [2.45, 2.75) is 58.4 Å². The molecule has 1 aliphatic heterocycles. The summed E-state index contributed by atoms with van der Waals surface area (Å²) in [4.78, 5) is 2.74. The largest absolute Gasteiger partial charge is 0.329 e. The van der Waals surface area contributed by atoms with Gasteiger partial charge in [-0.15, -0.1) is 0 Å². The van der Waals surface area contributed by atoms with Crippen molar-refractivity contribution in [1.29, 1.82) is 0 Å². The van der Waals surface area contributed by atoms with Crippen molar-refractivity contribution >= 4 is 0 Å². The predicted molar refractivity (Wildman–Crippen MR) is 73.9 cm³/mol. The Bertz CT molecular complexity index is 243. The molecule has 0 aromatic carbocycles. The third-order valence-electron chi connectivity index (χ3n) is 5.54. The highest BCUT2D eigenvalue weighted by Gasteiger charge is 2.43. The van der Waals surface area contributed by atoms with E-state index >= 15 is 0 Å². The molecule has 0 spiro atoms. The van der Waals surface area contributed by atoms with Gasteiger partial charge in [-0.3, -0.25) is 4.90 Å². The van der Waals surface area contributed by atoms with E-state index in [-0.39, 0.29) is 0 Å². The van der Waals surface area contributed by atoms with E-state index in [4.69, 9.17) is 5.73 Å². The number of nitrogens with two attached hydrogens (primary N) is 1. The van der Waals surface area contributed by atoms with Gasteiger partial charge in [-0.25, -0.2) is 0 Å². The fourth-order valence-corrected chi connectivity index (χ4v) is 3.93. The summed E-state index contributed by atoms with van der Waals surface area (Å²) in [6.07, 6.45) is 6.83. The van der Waals surface area contributed by atoms with Crippen molar-refractivity contribution < 1.29 is 0 Å². The van der Waals surface area contributed by atoms with Gasteiger partial charge in [0.15, 0.2) is 0 Å². The average Bonchev–Trinajstić information content (AvgIpc) is 2.70. The molecule has 100 valence electrons. The minimum atomic E-state index is 0.345. The molecular weight excluding hydrogens is 208 g/mol. The summed E-state index contributed by atoms with van der Waals surface area (Å²) in [5, 5.41) is 0. The molecule has 1 heterocycles. The van der Waals surface area contributed by atoms with Crippen molar-refractivity contribution in [2.24, 2.45) is 23.5 Å². The van der Waals surface area contributed by atoms with Gasteiger partial charge in [0.2, 0.25) is 0 Å². The molecule has 0 aromatic heterocycles. The average molecular weight is 238 g/mol. The summed E-state index contributed by atoms with van der Waals surface area (Å²) in [7, 11) is 0. The third kappa shape index (κ3) is 2.53. The lowest BCUT2D eigenvalue weighted by Crippen LogP contribution is -2.55. The Labute approximate surface area is 107 Å². The normalized spacial score (nSPS) is 44.1. The van der Waals surface area contributed by atoms with Gasteiger partial charge in [0.05, 0.1) is 0 Å². The Morgan fingerprint density at radius 2 is 1.88 bits per heavy atom. The second kappa shape index (κ2) is 5.27. The van der Waals surface area contributed by atoms with Gasteiger partial charge in [-0.05, 0) is 30.6 Å². The van der Waals surface area contributed by atoms with Crippen molar-refractivity contribution in [3.05, 3.63) is 0 Å². The number of hydrogen-bond donors (Lipinski definition) is 1. The van der Waals surface area contributed by atoms with E-state index in [9.17, 15) is 0 Å². The number of likely N-dealkylation sites (tertiary alicyclic amines) is 1. The van der Waals surface area contributed by atoms with Gasteiger partial charge in [-0.1, -0.05) is 40.0 Å². The first kappa shape index (κ1) is 13.4. The van der Waals surface area contributed by atoms with Crippen molar-refractivity contribution in [2.75, 3.05) is 19.6 Å². The molecule has 2 rings (SSSR count). The van der Waals surface area contributed by atoms with E-state index in [1.165, 1.54) is 45.2 Å². The maximum Gasteiger partial charge on any atom is 0.0334 e. The Hall–Kier alpha value is -0.0800. The van der Waals surface area contributed by atoms with E-state index in [1.807, 2.05) is 0 Å². The first-order valence-corrected chi connectivity index (χ1v) is 7.56. The fraction of sp³-hybridized carbons (Fsp3) is 1.00. The standard InChI is InChI=1S/C15H30N2/c1-4-14-6-5-7-15(8-14,11-16)17-9-12(2)13(3)10-17/h12-14H,4-11,16H2,1-3H3. The zero-order chi connectivity index (χ0) is 12.5. The van der Waals surface area contributed by atoms with E-state index in [0.717, 1.165) is 24.3 Å². The molecule has 4 atom stereocenters. The smallest absolute Gasteiger partial charge is 0.0334 e. The molecule has 0 radical (unpaired) electrons. The lowest BCUT2D eigenvalue weighted by Gasteiger charge is -2.47.